The molecule has 0 aliphatic carbocycles. The van der Waals surface area contributed by atoms with Gasteiger partial charge in [0.15, 0.2) is 5.96 Å². The largest absolute Gasteiger partial charge is 0.462 e. The highest BCUT2D eigenvalue weighted by Gasteiger charge is 2.34. The summed E-state index contributed by atoms with van der Waals surface area (Å²) in [6, 6.07) is -0.0790. The SMILES string of the molecule is CCNC(=NCC1(N(C)C)CCOCC1)NC(C)c1nc(C)c(C(=O)OCC)s1.I. The number of rotatable bonds is 8. The van der Waals surface area contributed by atoms with Gasteiger partial charge in [-0.15, -0.1) is 35.3 Å². The summed E-state index contributed by atoms with van der Waals surface area (Å²) >= 11 is 1.37. The van der Waals surface area contributed by atoms with Crippen LogP contribution in [0.2, 0.25) is 0 Å². The van der Waals surface area contributed by atoms with Gasteiger partial charge >= 0.3 is 5.97 Å². The summed E-state index contributed by atoms with van der Waals surface area (Å²) in [7, 11) is 4.22. The molecule has 1 atom stereocenters. The number of likely N-dealkylation sites (N-methyl/N-ethyl adjacent to an activating group) is 1. The summed E-state index contributed by atoms with van der Waals surface area (Å²) in [6.07, 6.45) is 1.93. The third kappa shape index (κ3) is 7.03. The van der Waals surface area contributed by atoms with E-state index in [-0.39, 0.29) is 41.5 Å². The van der Waals surface area contributed by atoms with E-state index < -0.39 is 0 Å². The van der Waals surface area contributed by atoms with Gasteiger partial charge in [-0.2, -0.15) is 0 Å². The number of halogens is 1. The molecule has 1 aliphatic heterocycles. The Morgan fingerprint density at radius 2 is 2.03 bits per heavy atom. The molecule has 30 heavy (non-hydrogen) atoms. The molecule has 0 bridgehead atoms. The molecule has 1 unspecified atom stereocenters. The van der Waals surface area contributed by atoms with E-state index in [1.165, 1.54) is 11.3 Å². The fourth-order valence-electron chi connectivity index (χ4n) is 3.30. The van der Waals surface area contributed by atoms with Crippen LogP contribution in [0.1, 0.15) is 60.0 Å². The van der Waals surface area contributed by atoms with E-state index in [1.54, 1.807) is 6.92 Å². The molecule has 0 aromatic carbocycles. The Balaban J connectivity index is 0.00000450. The van der Waals surface area contributed by atoms with E-state index in [4.69, 9.17) is 14.5 Å². The second-order valence-corrected chi connectivity index (χ2v) is 8.51. The lowest BCUT2D eigenvalue weighted by Gasteiger charge is -2.41. The van der Waals surface area contributed by atoms with Crippen molar-refractivity contribution in [1.29, 1.82) is 0 Å². The van der Waals surface area contributed by atoms with Gasteiger partial charge in [0.2, 0.25) is 0 Å². The van der Waals surface area contributed by atoms with Gasteiger partial charge in [0.1, 0.15) is 9.88 Å². The quantitative estimate of drug-likeness (QED) is 0.222. The molecule has 0 radical (unpaired) electrons. The molecule has 2 N–H and O–H groups in total. The molecular weight excluding hydrogens is 517 g/mol. The van der Waals surface area contributed by atoms with E-state index in [9.17, 15) is 4.79 Å². The second-order valence-electron chi connectivity index (χ2n) is 7.48. The lowest BCUT2D eigenvalue weighted by molar-refractivity contribution is -0.00255. The van der Waals surface area contributed by atoms with Gasteiger partial charge in [-0.25, -0.2) is 9.78 Å². The van der Waals surface area contributed by atoms with Crippen LogP contribution in [0, 0.1) is 6.92 Å². The molecule has 10 heteroatoms. The third-order valence-electron chi connectivity index (χ3n) is 5.25. The van der Waals surface area contributed by atoms with Gasteiger partial charge in [-0.05, 0) is 54.6 Å². The first-order chi connectivity index (χ1) is 13.8. The number of carbonyl (C=O) groups excluding carboxylic acids is 1. The zero-order chi connectivity index (χ0) is 21.4. The van der Waals surface area contributed by atoms with Gasteiger partial charge < -0.3 is 25.0 Å². The molecule has 8 nitrogen and oxygen atoms in total. The number of carbonyl (C=O) groups is 1. The molecule has 1 aromatic heterocycles. The fourth-order valence-corrected chi connectivity index (χ4v) is 4.26. The molecule has 1 aliphatic rings. The van der Waals surface area contributed by atoms with E-state index in [0.717, 1.165) is 43.6 Å². The maximum absolute atomic E-state index is 12.1. The number of esters is 1. The minimum Gasteiger partial charge on any atom is -0.462 e. The van der Waals surface area contributed by atoms with Crippen LogP contribution in [0.3, 0.4) is 0 Å². The summed E-state index contributed by atoms with van der Waals surface area (Å²) in [6.45, 7) is 11.1. The molecular formula is C20H36IN5O3S. The maximum atomic E-state index is 12.1. The number of aromatic nitrogens is 1. The summed E-state index contributed by atoms with van der Waals surface area (Å²) in [5, 5.41) is 7.58. The molecule has 172 valence electrons. The molecule has 0 amide bonds. The monoisotopic (exact) mass is 553 g/mol. The zero-order valence-corrected chi connectivity index (χ0v) is 22.1. The number of hydrogen-bond donors (Lipinski definition) is 2. The molecule has 2 rings (SSSR count). The number of hydrogen-bond acceptors (Lipinski definition) is 7. The fraction of sp³-hybridized carbons (Fsp3) is 0.750. The van der Waals surface area contributed by atoms with Crippen LogP contribution >= 0.6 is 35.3 Å². The van der Waals surface area contributed by atoms with E-state index >= 15 is 0 Å². The Morgan fingerprint density at radius 3 is 2.60 bits per heavy atom. The Kier molecular flexibility index (Phi) is 11.5. The van der Waals surface area contributed by atoms with Crippen molar-refractivity contribution in [2.75, 3.05) is 47.0 Å². The summed E-state index contributed by atoms with van der Waals surface area (Å²) in [5.41, 5.74) is 0.714. The lowest BCUT2D eigenvalue weighted by atomic mass is 9.89. The van der Waals surface area contributed by atoms with Crippen molar-refractivity contribution in [3.63, 3.8) is 0 Å². The Bertz CT molecular complexity index is 705. The van der Waals surface area contributed by atoms with E-state index in [0.29, 0.717) is 23.7 Å². The zero-order valence-electron chi connectivity index (χ0n) is 18.9. The Hall–Kier alpha value is -0.980. The summed E-state index contributed by atoms with van der Waals surface area (Å²) in [5.74, 6) is 0.437. The predicted molar refractivity (Wildman–Crippen MR) is 132 cm³/mol. The van der Waals surface area contributed by atoms with Crippen molar-refractivity contribution < 1.29 is 14.3 Å². The number of aryl methyl sites for hydroxylation is 1. The Morgan fingerprint density at radius 1 is 1.37 bits per heavy atom. The van der Waals surface area contributed by atoms with Crippen LogP contribution in [0.15, 0.2) is 4.99 Å². The highest BCUT2D eigenvalue weighted by Crippen LogP contribution is 2.27. The van der Waals surface area contributed by atoms with Crippen molar-refractivity contribution in [2.24, 2.45) is 4.99 Å². The van der Waals surface area contributed by atoms with E-state index in [2.05, 4.69) is 34.6 Å². The van der Waals surface area contributed by atoms with Gasteiger partial charge in [-0.1, -0.05) is 0 Å². The van der Waals surface area contributed by atoms with Crippen LogP contribution in [0.5, 0.6) is 0 Å². The standard InChI is InChI=1S/C20H35N5O3S.HI/c1-7-21-19(22-13-20(25(5)6)9-11-27-12-10-20)24-15(4)17-23-14(3)16(29-17)18(26)28-8-2;/h15H,7-13H2,1-6H3,(H2,21,22,24);1H. The molecule has 1 aromatic rings. The highest BCUT2D eigenvalue weighted by molar-refractivity contribution is 14.0. The number of nitrogens with zero attached hydrogens (tertiary/aromatic N) is 3. The van der Waals surface area contributed by atoms with E-state index in [1.807, 2.05) is 20.8 Å². The number of thiazole rings is 1. The summed E-state index contributed by atoms with van der Waals surface area (Å²) < 4.78 is 10.7. The predicted octanol–water partition coefficient (Wildman–Crippen LogP) is 2.97. The minimum atomic E-state index is -0.311. The minimum absolute atomic E-state index is 0. The Labute approximate surface area is 201 Å². The number of aliphatic imine (C=N–C) groups is 1. The van der Waals surface area contributed by atoms with Crippen LogP contribution in [0.25, 0.3) is 0 Å². The summed E-state index contributed by atoms with van der Waals surface area (Å²) in [4.78, 5) is 24.3. The van der Waals surface area contributed by atoms with Crippen molar-refractivity contribution in [1.82, 2.24) is 20.5 Å². The molecule has 1 saturated heterocycles. The number of ether oxygens (including phenoxy) is 2. The molecule has 2 heterocycles. The van der Waals surface area contributed by atoms with Crippen molar-refractivity contribution in [3.8, 4) is 0 Å². The first-order valence-corrected chi connectivity index (χ1v) is 11.1. The van der Waals surface area contributed by atoms with Gasteiger partial charge in [-0.3, -0.25) is 4.99 Å². The smallest absolute Gasteiger partial charge is 0.350 e. The topological polar surface area (TPSA) is 88.1 Å². The van der Waals surface area contributed by atoms with Crippen LogP contribution in [-0.2, 0) is 9.47 Å². The molecule has 0 saturated carbocycles. The average Bonchev–Trinajstić information content (AvgIpc) is 3.09. The van der Waals surface area contributed by atoms with Crippen molar-refractivity contribution in [3.05, 3.63) is 15.6 Å². The van der Waals surface area contributed by atoms with Crippen molar-refractivity contribution >= 4 is 47.2 Å². The number of guanidine groups is 1. The maximum Gasteiger partial charge on any atom is 0.350 e. The van der Waals surface area contributed by atoms with Crippen LogP contribution in [-0.4, -0.2) is 74.4 Å². The number of nitrogens with one attached hydrogen (secondary N) is 2. The second kappa shape index (κ2) is 12.8. The highest BCUT2D eigenvalue weighted by atomic mass is 127. The van der Waals surface area contributed by atoms with Crippen LogP contribution in [0.4, 0.5) is 0 Å². The van der Waals surface area contributed by atoms with Crippen molar-refractivity contribution in [2.45, 2.75) is 52.1 Å². The normalized spacial score (nSPS) is 17.2. The molecule has 0 spiro atoms. The molecule has 1 fully saturated rings. The third-order valence-corrected chi connectivity index (χ3v) is 6.57. The lowest BCUT2D eigenvalue weighted by Crippen LogP contribution is -2.51. The average molecular weight is 554 g/mol. The van der Waals surface area contributed by atoms with Gasteiger partial charge in [0.25, 0.3) is 0 Å². The first kappa shape index (κ1) is 27.1. The van der Waals surface area contributed by atoms with Crippen LogP contribution < -0.4 is 10.6 Å². The van der Waals surface area contributed by atoms with Gasteiger partial charge in [0, 0.05) is 25.3 Å². The first-order valence-electron chi connectivity index (χ1n) is 10.3. The van der Waals surface area contributed by atoms with Gasteiger partial charge in [0.05, 0.1) is 24.9 Å².